The molecule has 2 unspecified atom stereocenters. The monoisotopic (exact) mass is 340 g/mol. The van der Waals surface area contributed by atoms with E-state index >= 15 is 0 Å². The third kappa shape index (κ3) is 2.09. The summed E-state index contributed by atoms with van der Waals surface area (Å²) in [6, 6.07) is 9.04. The molecule has 0 spiro atoms. The van der Waals surface area contributed by atoms with Crippen LogP contribution < -0.4 is 10.6 Å². The van der Waals surface area contributed by atoms with Gasteiger partial charge in [0.1, 0.15) is 11.9 Å². The van der Waals surface area contributed by atoms with Crippen molar-refractivity contribution < 1.29 is 9.18 Å². The van der Waals surface area contributed by atoms with Crippen molar-refractivity contribution in [3.63, 3.8) is 0 Å². The Labute approximate surface area is 122 Å². The number of amides is 1. The fraction of sp³-hybridized carbons (Fsp3) is 0.154. The molecule has 0 radical (unpaired) electrons. The molecule has 19 heavy (non-hydrogen) atoms. The predicted octanol–water partition coefficient (Wildman–Crippen LogP) is 3.06. The summed E-state index contributed by atoms with van der Waals surface area (Å²) in [4.78, 5) is 14.6. The summed E-state index contributed by atoms with van der Waals surface area (Å²) in [6.45, 7) is 0. The number of carbonyl (C=O) groups is 1. The molecule has 1 aromatic carbocycles. The van der Waals surface area contributed by atoms with Gasteiger partial charge < -0.3 is 10.6 Å². The van der Waals surface area contributed by atoms with Crippen LogP contribution in [0.25, 0.3) is 0 Å². The van der Waals surface area contributed by atoms with E-state index in [1.54, 1.807) is 28.4 Å². The van der Waals surface area contributed by atoms with E-state index in [-0.39, 0.29) is 17.8 Å². The Hall–Kier alpha value is -1.24. The Balaban J connectivity index is 1.95. The predicted molar refractivity (Wildman–Crippen MR) is 76.6 cm³/mol. The normalized spacial score (nSPS) is 22.5. The molecule has 2 heterocycles. The molecule has 2 atom stereocenters. The molecule has 6 heteroatoms. The van der Waals surface area contributed by atoms with Gasteiger partial charge in [-0.3, -0.25) is 4.79 Å². The summed E-state index contributed by atoms with van der Waals surface area (Å²) in [5.41, 5.74) is 6.56. The summed E-state index contributed by atoms with van der Waals surface area (Å²) in [5, 5.41) is 0. The van der Waals surface area contributed by atoms with E-state index in [1.807, 2.05) is 12.1 Å². The average Bonchev–Trinajstić information content (AvgIpc) is 2.82. The van der Waals surface area contributed by atoms with Gasteiger partial charge in [0.05, 0.1) is 9.83 Å². The first kappa shape index (κ1) is 12.8. The number of halogens is 2. The zero-order chi connectivity index (χ0) is 13.6. The van der Waals surface area contributed by atoms with E-state index in [4.69, 9.17) is 5.73 Å². The molecule has 98 valence electrons. The van der Waals surface area contributed by atoms with Gasteiger partial charge in [-0.25, -0.2) is 4.39 Å². The lowest BCUT2D eigenvalue weighted by Gasteiger charge is -2.44. The number of hydrogen-bond acceptors (Lipinski definition) is 3. The topological polar surface area (TPSA) is 46.3 Å². The van der Waals surface area contributed by atoms with Crippen molar-refractivity contribution in [1.29, 1.82) is 0 Å². The molecule has 1 amide bonds. The van der Waals surface area contributed by atoms with Crippen molar-refractivity contribution in [3.8, 4) is 0 Å². The Morgan fingerprint density at radius 3 is 2.47 bits per heavy atom. The largest absolute Gasteiger partial charge is 0.318 e. The molecular weight excluding hydrogens is 331 g/mol. The molecule has 3 rings (SSSR count). The highest BCUT2D eigenvalue weighted by Crippen LogP contribution is 2.41. The van der Waals surface area contributed by atoms with Crippen LogP contribution in [0, 0.1) is 5.82 Å². The lowest BCUT2D eigenvalue weighted by molar-refractivity contribution is -0.126. The second kappa shape index (κ2) is 4.70. The van der Waals surface area contributed by atoms with Crippen molar-refractivity contribution in [2.75, 3.05) is 4.90 Å². The minimum atomic E-state index is -0.532. The molecule has 1 fully saturated rings. The van der Waals surface area contributed by atoms with E-state index in [2.05, 4.69) is 15.9 Å². The molecular formula is C13H10BrFN2OS. The van der Waals surface area contributed by atoms with Gasteiger partial charge in [-0.15, -0.1) is 11.3 Å². The molecule has 0 bridgehead atoms. The Morgan fingerprint density at radius 1 is 1.21 bits per heavy atom. The van der Waals surface area contributed by atoms with Crippen molar-refractivity contribution in [3.05, 3.63) is 50.9 Å². The van der Waals surface area contributed by atoms with Gasteiger partial charge in [0, 0.05) is 10.6 Å². The fourth-order valence-electron chi connectivity index (χ4n) is 2.19. The molecule has 2 N–H and O–H groups in total. The summed E-state index contributed by atoms with van der Waals surface area (Å²) in [7, 11) is 0. The molecule has 2 aromatic rings. The number of anilines is 1. The highest BCUT2D eigenvalue weighted by atomic mass is 79.9. The van der Waals surface area contributed by atoms with E-state index < -0.39 is 6.04 Å². The van der Waals surface area contributed by atoms with Gasteiger partial charge in [0.25, 0.3) is 0 Å². The zero-order valence-electron chi connectivity index (χ0n) is 9.72. The molecule has 0 aliphatic carbocycles. The van der Waals surface area contributed by atoms with E-state index in [0.29, 0.717) is 5.69 Å². The van der Waals surface area contributed by atoms with Crippen LogP contribution in [0.1, 0.15) is 10.9 Å². The van der Waals surface area contributed by atoms with Gasteiger partial charge in [-0.1, -0.05) is 0 Å². The molecule has 1 saturated heterocycles. The van der Waals surface area contributed by atoms with Crippen LogP contribution in [0.5, 0.6) is 0 Å². The van der Waals surface area contributed by atoms with Gasteiger partial charge in [0.15, 0.2) is 0 Å². The number of β-lactam (4-membered cyclic amide) rings is 1. The van der Waals surface area contributed by atoms with E-state index in [9.17, 15) is 9.18 Å². The molecule has 1 aliphatic rings. The first-order chi connectivity index (χ1) is 9.08. The highest BCUT2D eigenvalue weighted by Gasteiger charge is 2.47. The molecule has 3 nitrogen and oxygen atoms in total. The van der Waals surface area contributed by atoms with Crippen molar-refractivity contribution >= 4 is 38.9 Å². The van der Waals surface area contributed by atoms with Crippen LogP contribution in [0.2, 0.25) is 0 Å². The maximum Gasteiger partial charge on any atom is 0.247 e. The van der Waals surface area contributed by atoms with Crippen LogP contribution in [0.15, 0.2) is 40.2 Å². The van der Waals surface area contributed by atoms with Crippen LogP contribution in [-0.4, -0.2) is 11.9 Å². The number of thiophene rings is 1. The number of carbonyl (C=O) groups excluding carboxylic acids is 1. The van der Waals surface area contributed by atoms with Crippen LogP contribution in [0.4, 0.5) is 10.1 Å². The first-order valence-corrected chi connectivity index (χ1v) is 7.28. The van der Waals surface area contributed by atoms with Gasteiger partial charge in [-0.2, -0.15) is 0 Å². The first-order valence-electron chi connectivity index (χ1n) is 5.67. The molecule has 1 aliphatic heterocycles. The maximum absolute atomic E-state index is 12.9. The van der Waals surface area contributed by atoms with Crippen molar-refractivity contribution in [2.24, 2.45) is 5.73 Å². The minimum absolute atomic E-state index is 0.138. The summed E-state index contributed by atoms with van der Waals surface area (Å²) in [6.07, 6.45) is 0. The van der Waals surface area contributed by atoms with E-state index in [1.165, 1.54) is 12.1 Å². The molecule has 1 aromatic heterocycles. The summed E-state index contributed by atoms with van der Waals surface area (Å²) >= 11 is 4.95. The Morgan fingerprint density at radius 2 is 1.89 bits per heavy atom. The lowest BCUT2D eigenvalue weighted by Crippen LogP contribution is -2.63. The van der Waals surface area contributed by atoms with Crippen LogP contribution in [-0.2, 0) is 4.79 Å². The third-order valence-electron chi connectivity index (χ3n) is 3.13. The van der Waals surface area contributed by atoms with Crippen LogP contribution >= 0.6 is 27.3 Å². The SMILES string of the molecule is NC1C(=O)N(c2ccc(F)cc2)C1c1ccc(Br)s1. The Bertz CT molecular complexity index is 628. The summed E-state index contributed by atoms with van der Waals surface area (Å²) < 4.78 is 13.9. The fourth-order valence-corrected chi connectivity index (χ4v) is 3.76. The smallest absolute Gasteiger partial charge is 0.247 e. The highest BCUT2D eigenvalue weighted by molar-refractivity contribution is 9.11. The zero-order valence-corrected chi connectivity index (χ0v) is 12.1. The number of nitrogens with zero attached hydrogens (tertiary/aromatic N) is 1. The maximum atomic E-state index is 12.9. The second-order valence-electron chi connectivity index (χ2n) is 4.30. The average molecular weight is 341 g/mol. The third-order valence-corrected chi connectivity index (χ3v) is 4.83. The number of nitrogens with two attached hydrogens (primary N) is 1. The second-order valence-corrected chi connectivity index (χ2v) is 6.79. The van der Waals surface area contributed by atoms with Gasteiger partial charge >= 0.3 is 0 Å². The van der Waals surface area contributed by atoms with Gasteiger partial charge in [-0.05, 0) is 52.3 Å². The lowest BCUT2D eigenvalue weighted by atomic mass is 9.93. The quantitative estimate of drug-likeness (QED) is 0.854. The number of benzene rings is 1. The van der Waals surface area contributed by atoms with Gasteiger partial charge in [0.2, 0.25) is 5.91 Å². The van der Waals surface area contributed by atoms with Crippen LogP contribution in [0.3, 0.4) is 0 Å². The Kier molecular flexibility index (Phi) is 3.16. The standard InChI is InChI=1S/C13H10BrFN2OS/c14-10-6-5-9(19-10)12-11(16)13(18)17(12)8-3-1-7(15)2-4-8/h1-6,11-12H,16H2. The number of rotatable bonds is 2. The number of hydrogen-bond donors (Lipinski definition) is 1. The summed E-state index contributed by atoms with van der Waals surface area (Å²) in [5.74, 6) is -0.461. The minimum Gasteiger partial charge on any atom is -0.318 e. The molecule has 0 saturated carbocycles. The van der Waals surface area contributed by atoms with E-state index in [0.717, 1.165) is 8.66 Å². The van der Waals surface area contributed by atoms with Crippen molar-refractivity contribution in [1.82, 2.24) is 0 Å². The van der Waals surface area contributed by atoms with Crippen molar-refractivity contribution in [2.45, 2.75) is 12.1 Å².